The van der Waals surface area contributed by atoms with Gasteiger partial charge in [-0.2, -0.15) is 0 Å². The highest BCUT2D eigenvalue weighted by Gasteiger charge is 2.13. The van der Waals surface area contributed by atoms with Gasteiger partial charge in [0.1, 0.15) is 12.4 Å². The fourth-order valence-electron chi connectivity index (χ4n) is 1.98. The molecule has 0 aliphatic rings. The Kier molecular flexibility index (Phi) is 5.26. The van der Waals surface area contributed by atoms with E-state index in [1.54, 1.807) is 24.3 Å². The van der Waals surface area contributed by atoms with Crippen LogP contribution in [0.25, 0.3) is 0 Å². The maximum absolute atomic E-state index is 13.4. The lowest BCUT2D eigenvalue weighted by Crippen LogP contribution is -2.10. The molecule has 1 atom stereocenters. The Morgan fingerprint density at radius 3 is 2.45 bits per heavy atom. The molecule has 0 amide bonds. The quantitative estimate of drug-likeness (QED) is 0.718. The molecule has 0 fully saturated rings. The molecule has 1 unspecified atom stereocenters. The first kappa shape index (κ1) is 16.1. The number of benzene rings is 2. The Morgan fingerprint density at radius 2 is 1.82 bits per heavy atom. The van der Waals surface area contributed by atoms with Gasteiger partial charge < -0.3 is 4.74 Å². The summed E-state index contributed by atoms with van der Waals surface area (Å²) in [6.45, 7) is 3.97. The minimum absolute atomic E-state index is 0.0107. The molecular weight excluding hydrogens is 286 g/mol. The van der Waals surface area contributed by atoms with Crippen LogP contribution in [-0.4, -0.2) is 5.78 Å². The molecule has 2 nitrogen and oxygen atoms in total. The number of carbonyl (C=O) groups excluding carboxylic acids is 1. The Bertz CT molecular complexity index is 651. The van der Waals surface area contributed by atoms with Gasteiger partial charge in [0.05, 0.1) is 0 Å². The number of ketones is 1. The van der Waals surface area contributed by atoms with Gasteiger partial charge in [-0.1, -0.05) is 38.1 Å². The summed E-state index contributed by atoms with van der Waals surface area (Å²) in [5.41, 5.74) is 1.43. The van der Waals surface area contributed by atoms with Crippen molar-refractivity contribution in [2.75, 3.05) is 0 Å². The second-order valence-electron chi connectivity index (χ2n) is 5.23. The molecule has 0 aliphatic heterocycles. The van der Waals surface area contributed by atoms with Crippen LogP contribution in [0.1, 0.15) is 36.2 Å². The van der Waals surface area contributed by atoms with Crippen LogP contribution in [0.3, 0.4) is 0 Å². The zero-order valence-corrected chi connectivity index (χ0v) is 12.6. The number of halogens is 2. The Morgan fingerprint density at radius 1 is 1.14 bits per heavy atom. The molecule has 116 valence electrons. The zero-order valence-electron chi connectivity index (χ0n) is 12.6. The molecule has 0 saturated carbocycles. The average molecular weight is 304 g/mol. The molecule has 22 heavy (non-hydrogen) atoms. The third-order valence-electron chi connectivity index (χ3n) is 3.59. The summed E-state index contributed by atoms with van der Waals surface area (Å²) in [6.07, 6.45) is 0.794. The lowest BCUT2D eigenvalue weighted by molar-refractivity contribution is 0.0927. The van der Waals surface area contributed by atoms with E-state index in [1.807, 2.05) is 13.8 Å². The van der Waals surface area contributed by atoms with Crippen molar-refractivity contribution in [2.24, 2.45) is 5.92 Å². The van der Waals surface area contributed by atoms with Gasteiger partial charge in [-0.3, -0.25) is 4.79 Å². The normalized spacial score (nSPS) is 12.0. The Labute approximate surface area is 128 Å². The number of hydrogen-bond donors (Lipinski definition) is 0. The second-order valence-corrected chi connectivity index (χ2v) is 5.23. The van der Waals surface area contributed by atoms with Crippen molar-refractivity contribution in [2.45, 2.75) is 26.9 Å². The summed E-state index contributed by atoms with van der Waals surface area (Å²) >= 11 is 0. The largest absolute Gasteiger partial charge is 0.486 e. The molecule has 2 rings (SSSR count). The summed E-state index contributed by atoms with van der Waals surface area (Å²) in [6, 6.07) is 10.1. The van der Waals surface area contributed by atoms with Crippen LogP contribution < -0.4 is 4.74 Å². The number of hydrogen-bond acceptors (Lipinski definition) is 2. The third kappa shape index (κ3) is 3.91. The van der Waals surface area contributed by atoms with E-state index in [0.29, 0.717) is 5.56 Å². The van der Waals surface area contributed by atoms with E-state index >= 15 is 0 Å². The highest BCUT2D eigenvalue weighted by Crippen LogP contribution is 2.20. The Hall–Kier alpha value is -2.23. The molecule has 0 radical (unpaired) electrons. The van der Waals surface area contributed by atoms with Crippen molar-refractivity contribution < 1.29 is 18.3 Å². The topological polar surface area (TPSA) is 26.3 Å². The zero-order chi connectivity index (χ0) is 16.1. The molecule has 0 bridgehead atoms. The molecule has 0 spiro atoms. The first-order valence-electron chi connectivity index (χ1n) is 7.22. The first-order valence-corrected chi connectivity index (χ1v) is 7.22. The van der Waals surface area contributed by atoms with Gasteiger partial charge in [0.2, 0.25) is 0 Å². The van der Waals surface area contributed by atoms with Crippen LogP contribution in [0, 0.1) is 17.6 Å². The molecule has 0 saturated heterocycles. The molecule has 2 aromatic carbocycles. The maximum atomic E-state index is 13.4. The van der Waals surface area contributed by atoms with Gasteiger partial charge in [0, 0.05) is 17.5 Å². The van der Waals surface area contributed by atoms with Crippen molar-refractivity contribution in [1.82, 2.24) is 0 Å². The fraction of sp³-hybridized carbons (Fsp3) is 0.278. The second kappa shape index (κ2) is 7.16. The molecule has 0 aliphatic carbocycles. The first-order chi connectivity index (χ1) is 10.5. The summed E-state index contributed by atoms with van der Waals surface area (Å²) in [4.78, 5) is 12.0. The highest BCUT2D eigenvalue weighted by molar-refractivity contribution is 5.97. The minimum atomic E-state index is -0.607. The summed E-state index contributed by atoms with van der Waals surface area (Å²) in [5.74, 6) is -1.19. The van der Waals surface area contributed by atoms with Gasteiger partial charge in [0.25, 0.3) is 0 Å². The van der Waals surface area contributed by atoms with E-state index in [4.69, 9.17) is 4.74 Å². The average Bonchev–Trinajstić information content (AvgIpc) is 2.54. The van der Waals surface area contributed by atoms with Crippen molar-refractivity contribution in [3.8, 4) is 5.75 Å². The number of carbonyl (C=O) groups is 1. The summed E-state index contributed by atoms with van der Waals surface area (Å²) in [7, 11) is 0. The maximum Gasteiger partial charge on any atom is 0.165 e. The van der Waals surface area contributed by atoms with Crippen LogP contribution in [0.2, 0.25) is 0 Å². The van der Waals surface area contributed by atoms with E-state index in [-0.39, 0.29) is 24.1 Å². The lowest BCUT2D eigenvalue weighted by atomic mass is 9.96. The van der Waals surface area contributed by atoms with Gasteiger partial charge in [-0.05, 0) is 24.1 Å². The number of Topliss-reactive ketones (excluding diaryl/α,β-unsaturated/α-hetero) is 1. The van der Waals surface area contributed by atoms with Crippen LogP contribution in [0.15, 0.2) is 42.5 Å². The number of rotatable bonds is 6. The van der Waals surface area contributed by atoms with Gasteiger partial charge in [-0.25, -0.2) is 8.78 Å². The predicted octanol–water partition coefficient (Wildman–Crippen LogP) is 4.77. The summed E-state index contributed by atoms with van der Waals surface area (Å²) < 4.78 is 31.7. The molecule has 0 aromatic heterocycles. The molecule has 2 aromatic rings. The van der Waals surface area contributed by atoms with Crippen molar-refractivity contribution in [3.63, 3.8) is 0 Å². The predicted molar refractivity (Wildman–Crippen MR) is 80.9 cm³/mol. The molecule has 0 heterocycles. The van der Waals surface area contributed by atoms with Gasteiger partial charge >= 0.3 is 0 Å². The van der Waals surface area contributed by atoms with Crippen LogP contribution >= 0.6 is 0 Å². The monoisotopic (exact) mass is 304 g/mol. The van der Waals surface area contributed by atoms with Gasteiger partial charge in [-0.15, -0.1) is 0 Å². The standard InChI is InChI=1S/C18H18F2O2/c1-3-12(2)18(21)14-6-4-13(5-7-14)11-22-17-10-15(19)8-9-16(17)20/h4-10,12H,3,11H2,1-2H3. The van der Waals surface area contributed by atoms with Crippen molar-refractivity contribution >= 4 is 5.78 Å². The highest BCUT2D eigenvalue weighted by atomic mass is 19.1. The number of ether oxygens (including phenoxy) is 1. The lowest BCUT2D eigenvalue weighted by Gasteiger charge is -2.10. The van der Waals surface area contributed by atoms with Crippen LogP contribution in [0.5, 0.6) is 5.75 Å². The van der Waals surface area contributed by atoms with Crippen molar-refractivity contribution in [1.29, 1.82) is 0 Å². The van der Waals surface area contributed by atoms with Crippen LogP contribution in [0.4, 0.5) is 8.78 Å². The van der Waals surface area contributed by atoms with Crippen LogP contribution in [-0.2, 0) is 6.61 Å². The summed E-state index contributed by atoms with van der Waals surface area (Å²) in [5, 5.41) is 0. The molecule has 4 heteroatoms. The van der Waals surface area contributed by atoms with Crippen molar-refractivity contribution in [3.05, 3.63) is 65.2 Å². The van der Waals surface area contributed by atoms with E-state index in [1.165, 1.54) is 0 Å². The van der Waals surface area contributed by atoms with Gasteiger partial charge in [0.15, 0.2) is 17.3 Å². The molecule has 0 N–H and O–H groups in total. The minimum Gasteiger partial charge on any atom is -0.486 e. The smallest absolute Gasteiger partial charge is 0.165 e. The molecular formula is C18H18F2O2. The Balaban J connectivity index is 2.02. The van der Waals surface area contributed by atoms with E-state index in [2.05, 4.69) is 0 Å². The van der Waals surface area contributed by atoms with E-state index in [9.17, 15) is 13.6 Å². The van der Waals surface area contributed by atoms with E-state index in [0.717, 1.165) is 30.2 Å². The SMILES string of the molecule is CCC(C)C(=O)c1ccc(COc2cc(F)ccc2F)cc1. The van der Waals surface area contributed by atoms with E-state index < -0.39 is 11.6 Å². The fourth-order valence-corrected chi connectivity index (χ4v) is 1.98. The third-order valence-corrected chi connectivity index (χ3v) is 3.59.